The highest BCUT2D eigenvalue weighted by Crippen LogP contribution is 2.52. The molecule has 0 aliphatic heterocycles. The lowest BCUT2D eigenvalue weighted by Crippen LogP contribution is -2.58. The van der Waals surface area contributed by atoms with Gasteiger partial charge in [0.05, 0.1) is 6.61 Å². The molecule has 0 aromatic heterocycles. The van der Waals surface area contributed by atoms with Crippen LogP contribution in [0.2, 0.25) is 0 Å². The fraction of sp³-hybridized carbons (Fsp3) is 0.933. The maximum atomic E-state index is 12.0. The molecule has 0 heterocycles. The lowest BCUT2D eigenvalue weighted by atomic mass is 9.57. The van der Waals surface area contributed by atoms with Gasteiger partial charge in [-0.15, -0.1) is 0 Å². The van der Waals surface area contributed by atoms with Gasteiger partial charge in [0.2, 0.25) is 0 Å². The van der Waals surface area contributed by atoms with Gasteiger partial charge in [0, 0.05) is 12.6 Å². The summed E-state index contributed by atoms with van der Waals surface area (Å²) in [5.41, 5.74) is -0.0895. The lowest BCUT2D eigenvalue weighted by molar-refractivity contribution is -0.0349. The molecule has 3 saturated carbocycles. The zero-order valence-corrected chi connectivity index (χ0v) is 12.7. The zero-order chi connectivity index (χ0) is 14.1. The predicted octanol–water partition coefficient (Wildman–Crippen LogP) is 3.25. The van der Waals surface area contributed by atoms with Crippen molar-refractivity contribution in [3.63, 3.8) is 0 Å². The van der Waals surface area contributed by atoms with Crippen molar-refractivity contribution in [2.75, 3.05) is 13.7 Å². The molecule has 0 aromatic rings. The van der Waals surface area contributed by atoms with E-state index in [2.05, 4.69) is 5.32 Å². The first-order valence-corrected chi connectivity index (χ1v) is 7.28. The number of fused-ring (bicyclic) bond motifs is 3. The van der Waals surface area contributed by atoms with Crippen molar-refractivity contribution < 1.29 is 14.3 Å². The quantitative estimate of drug-likeness (QED) is 0.855. The van der Waals surface area contributed by atoms with E-state index in [1.807, 2.05) is 20.8 Å². The number of alkyl carbamates (subject to hydrolysis) is 1. The highest BCUT2D eigenvalue weighted by molar-refractivity contribution is 5.68. The molecule has 4 heteroatoms. The topological polar surface area (TPSA) is 47.6 Å². The molecule has 0 aromatic carbocycles. The van der Waals surface area contributed by atoms with Gasteiger partial charge in [-0.05, 0) is 64.7 Å². The number of amides is 1. The Bertz CT molecular complexity index is 321. The van der Waals surface area contributed by atoms with Gasteiger partial charge >= 0.3 is 6.09 Å². The maximum Gasteiger partial charge on any atom is 0.408 e. The Morgan fingerprint density at radius 1 is 1.11 bits per heavy atom. The lowest BCUT2D eigenvalue weighted by Gasteiger charge is -2.53. The third kappa shape index (κ3) is 3.41. The van der Waals surface area contributed by atoms with E-state index in [4.69, 9.17) is 9.47 Å². The first-order chi connectivity index (χ1) is 8.78. The van der Waals surface area contributed by atoms with Crippen LogP contribution in [0.4, 0.5) is 4.79 Å². The van der Waals surface area contributed by atoms with Gasteiger partial charge in [-0.3, -0.25) is 0 Å². The summed E-state index contributed by atoms with van der Waals surface area (Å²) in [5, 5.41) is 3.13. The number of carbonyl (C=O) groups excluding carboxylic acids is 1. The molecule has 0 radical (unpaired) electrons. The summed E-state index contributed by atoms with van der Waals surface area (Å²) < 4.78 is 10.8. The molecule has 3 rings (SSSR count). The molecule has 1 amide bonds. The number of methoxy groups -OCH3 is 1. The molecule has 1 N–H and O–H groups in total. The van der Waals surface area contributed by atoms with E-state index in [1.54, 1.807) is 7.11 Å². The average molecular weight is 269 g/mol. The predicted molar refractivity (Wildman–Crippen MR) is 74.1 cm³/mol. The first-order valence-electron chi connectivity index (χ1n) is 7.28. The summed E-state index contributed by atoms with van der Waals surface area (Å²) in [6.45, 7) is 6.55. The van der Waals surface area contributed by atoms with Crippen molar-refractivity contribution in [3.8, 4) is 0 Å². The Hall–Kier alpha value is -0.770. The standard InChI is InChI=1S/C15H27NO3/c1-13(2,3)19-12(17)16-15-8-5-14(6-9-15,7-10-15)11-18-4/h5-11H2,1-4H3,(H,16,17). The van der Waals surface area contributed by atoms with Crippen LogP contribution in [0.25, 0.3) is 0 Å². The maximum absolute atomic E-state index is 12.0. The summed E-state index contributed by atoms with van der Waals surface area (Å²) >= 11 is 0. The minimum atomic E-state index is -0.427. The highest BCUT2D eigenvalue weighted by atomic mass is 16.6. The molecule has 3 aliphatic rings. The molecule has 3 aliphatic carbocycles. The van der Waals surface area contributed by atoms with Crippen LogP contribution in [0.5, 0.6) is 0 Å². The van der Waals surface area contributed by atoms with Crippen LogP contribution >= 0.6 is 0 Å². The van der Waals surface area contributed by atoms with E-state index in [1.165, 1.54) is 0 Å². The van der Waals surface area contributed by atoms with Gasteiger partial charge in [0.1, 0.15) is 5.60 Å². The summed E-state index contributed by atoms with van der Waals surface area (Å²) in [7, 11) is 1.78. The van der Waals surface area contributed by atoms with Gasteiger partial charge in [-0.2, -0.15) is 0 Å². The van der Waals surface area contributed by atoms with E-state index >= 15 is 0 Å². The minimum absolute atomic E-state index is 0.0299. The summed E-state index contributed by atoms with van der Waals surface area (Å²) in [4.78, 5) is 12.0. The Morgan fingerprint density at radius 2 is 1.63 bits per heavy atom. The molecule has 0 spiro atoms. The van der Waals surface area contributed by atoms with Crippen LogP contribution < -0.4 is 5.32 Å². The van der Waals surface area contributed by atoms with Crippen LogP contribution in [0.15, 0.2) is 0 Å². The van der Waals surface area contributed by atoms with Crippen molar-refractivity contribution in [2.24, 2.45) is 5.41 Å². The van der Waals surface area contributed by atoms with Crippen LogP contribution in [0.1, 0.15) is 59.3 Å². The monoisotopic (exact) mass is 269 g/mol. The second-order valence-corrected chi connectivity index (χ2v) is 7.34. The number of nitrogens with one attached hydrogen (secondary N) is 1. The van der Waals surface area contributed by atoms with Crippen LogP contribution in [0.3, 0.4) is 0 Å². The van der Waals surface area contributed by atoms with Gasteiger partial charge < -0.3 is 14.8 Å². The summed E-state index contributed by atoms with van der Waals surface area (Å²) in [6.07, 6.45) is 6.33. The zero-order valence-electron chi connectivity index (χ0n) is 12.7. The van der Waals surface area contributed by atoms with Crippen LogP contribution in [-0.4, -0.2) is 30.9 Å². The molecule has 0 saturated heterocycles. The fourth-order valence-corrected chi connectivity index (χ4v) is 3.49. The number of hydrogen-bond acceptors (Lipinski definition) is 3. The molecule has 19 heavy (non-hydrogen) atoms. The SMILES string of the molecule is COCC12CCC(NC(=O)OC(C)(C)C)(CC1)CC2. The van der Waals surface area contributed by atoms with Crippen LogP contribution in [-0.2, 0) is 9.47 Å². The molecule has 110 valence electrons. The Labute approximate surface area is 116 Å². The van der Waals surface area contributed by atoms with E-state index in [0.717, 1.165) is 45.1 Å². The molecule has 3 fully saturated rings. The number of carbonyl (C=O) groups is 1. The number of rotatable bonds is 3. The fourth-order valence-electron chi connectivity index (χ4n) is 3.49. The van der Waals surface area contributed by atoms with E-state index < -0.39 is 5.60 Å². The Kier molecular flexibility index (Phi) is 3.83. The normalized spacial score (nSPS) is 34.1. The van der Waals surface area contributed by atoms with Crippen molar-refractivity contribution in [3.05, 3.63) is 0 Å². The van der Waals surface area contributed by atoms with Crippen molar-refractivity contribution in [1.82, 2.24) is 5.32 Å². The first kappa shape index (κ1) is 14.6. The molecule has 4 nitrogen and oxygen atoms in total. The Balaban J connectivity index is 1.92. The molecular weight excluding hydrogens is 242 g/mol. The second-order valence-electron chi connectivity index (χ2n) is 7.34. The second kappa shape index (κ2) is 4.97. The van der Waals surface area contributed by atoms with Crippen molar-refractivity contribution in [2.45, 2.75) is 70.4 Å². The molecule has 2 bridgehead atoms. The van der Waals surface area contributed by atoms with Crippen molar-refractivity contribution in [1.29, 1.82) is 0 Å². The Morgan fingerprint density at radius 3 is 2.05 bits per heavy atom. The van der Waals surface area contributed by atoms with Crippen LogP contribution in [0, 0.1) is 5.41 Å². The molecule has 0 atom stereocenters. The van der Waals surface area contributed by atoms with E-state index in [9.17, 15) is 4.79 Å². The van der Waals surface area contributed by atoms with Gasteiger partial charge in [-0.1, -0.05) is 0 Å². The number of ether oxygens (including phenoxy) is 2. The smallest absolute Gasteiger partial charge is 0.408 e. The number of hydrogen-bond donors (Lipinski definition) is 1. The average Bonchev–Trinajstić information content (AvgIpc) is 2.29. The van der Waals surface area contributed by atoms with E-state index in [0.29, 0.717) is 5.41 Å². The summed E-state index contributed by atoms with van der Waals surface area (Å²) in [6, 6.07) is 0. The highest BCUT2D eigenvalue weighted by Gasteiger charge is 2.49. The third-order valence-electron chi connectivity index (χ3n) is 4.62. The minimum Gasteiger partial charge on any atom is -0.444 e. The van der Waals surface area contributed by atoms with Gasteiger partial charge in [0.25, 0.3) is 0 Å². The van der Waals surface area contributed by atoms with Crippen molar-refractivity contribution >= 4 is 6.09 Å². The largest absolute Gasteiger partial charge is 0.444 e. The molecule has 0 unspecified atom stereocenters. The molecular formula is C15H27NO3. The van der Waals surface area contributed by atoms with Gasteiger partial charge in [0.15, 0.2) is 0 Å². The van der Waals surface area contributed by atoms with E-state index in [-0.39, 0.29) is 11.6 Å². The third-order valence-corrected chi connectivity index (χ3v) is 4.62. The summed E-state index contributed by atoms with van der Waals surface area (Å²) in [5.74, 6) is 0. The van der Waals surface area contributed by atoms with Gasteiger partial charge in [-0.25, -0.2) is 4.79 Å².